The largest absolute Gasteiger partial charge is 0.310 e. The summed E-state index contributed by atoms with van der Waals surface area (Å²) in [5.41, 5.74) is 16.9. The SMILES string of the molecule is C1=c2cccc(-c3ccccc3)c2=C(c2ccccc2N(c2ccc(-c3cccc4c3sc3ccccc34)cc2)c2cccc(-c3cccc4c3c3ccccc3n4-c3ccccc3)c2)CC1. The van der Waals surface area contributed by atoms with Crippen molar-refractivity contribution in [2.45, 2.75) is 12.8 Å². The summed E-state index contributed by atoms with van der Waals surface area (Å²) in [6, 6.07) is 87.0. The van der Waals surface area contributed by atoms with E-state index >= 15 is 0 Å². The smallest absolute Gasteiger partial charge is 0.0547 e. The lowest BCUT2D eigenvalue weighted by Crippen LogP contribution is -2.32. The highest BCUT2D eigenvalue weighted by Crippen LogP contribution is 2.45. The van der Waals surface area contributed by atoms with Crippen LogP contribution in [0.2, 0.25) is 0 Å². The van der Waals surface area contributed by atoms with Gasteiger partial charge >= 0.3 is 0 Å². The van der Waals surface area contributed by atoms with Gasteiger partial charge in [-0.15, -0.1) is 11.3 Å². The van der Waals surface area contributed by atoms with Gasteiger partial charge in [-0.2, -0.15) is 0 Å². The van der Waals surface area contributed by atoms with Crippen molar-refractivity contribution in [3.05, 3.63) is 253 Å². The molecule has 13 rings (SSSR count). The van der Waals surface area contributed by atoms with E-state index in [2.05, 4.69) is 252 Å². The van der Waals surface area contributed by atoms with Crippen LogP contribution in [0.3, 0.4) is 0 Å². The summed E-state index contributed by atoms with van der Waals surface area (Å²) in [5, 5.41) is 7.76. The van der Waals surface area contributed by atoms with Crippen molar-refractivity contribution >= 4 is 82.0 Å². The third-order valence-electron chi connectivity index (χ3n) is 13.7. The third kappa shape index (κ3) is 6.62. The van der Waals surface area contributed by atoms with Gasteiger partial charge < -0.3 is 9.47 Å². The first-order valence-corrected chi connectivity index (χ1v) is 24.0. The number of fused-ring (bicyclic) bond motifs is 7. The molecule has 0 saturated heterocycles. The average molecular weight is 873 g/mol. The zero-order valence-electron chi connectivity index (χ0n) is 36.8. The van der Waals surface area contributed by atoms with E-state index in [4.69, 9.17) is 0 Å². The van der Waals surface area contributed by atoms with Crippen LogP contribution in [-0.2, 0) is 0 Å². The van der Waals surface area contributed by atoms with Gasteiger partial charge in [0.2, 0.25) is 0 Å². The predicted molar refractivity (Wildman–Crippen MR) is 287 cm³/mol. The van der Waals surface area contributed by atoms with E-state index in [1.165, 1.54) is 96.9 Å². The Morgan fingerprint density at radius 2 is 1.04 bits per heavy atom. The van der Waals surface area contributed by atoms with Crippen molar-refractivity contribution < 1.29 is 0 Å². The summed E-state index contributed by atoms with van der Waals surface area (Å²) in [7, 11) is 0. The molecule has 0 radical (unpaired) electrons. The van der Waals surface area contributed by atoms with Crippen LogP contribution in [0.5, 0.6) is 0 Å². The molecule has 316 valence electrons. The Labute approximate surface area is 393 Å². The number of para-hydroxylation sites is 3. The summed E-state index contributed by atoms with van der Waals surface area (Å²) in [4.78, 5) is 2.49. The van der Waals surface area contributed by atoms with Crippen LogP contribution in [0, 0.1) is 0 Å². The Morgan fingerprint density at radius 1 is 0.418 bits per heavy atom. The molecule has 1 aliphatic rings. The maximum absolute atomic E-state index is 2.49. The van der Waals surface area contributed by atoms with Crippen LogP contribution in [0.4, 0.5) is 17.1 Å². The molecular formula is C64H44N2S. The number of nitrogens with zero attached hydrogens (tertiary/aromatic N) is 2. The van der Waals surface area contributed by atoms with Crippen LogP contribution < -0.4 is 15.3 Å². The predicted octanol–water partition coefficient (Wildman–Crippen LogP) is 16.4. The summed E-state index contributed by atoms with van der Waals surface area (Å²) in [6.07, 6.45) is 4.36. The summed E-state index contributed by atoms with van der Waals surface area (Å²) < 4.78 is 5.05. The van der Waals surface area contributed by atoms with Crippen LogP contribution in [0.25, 0.3) is 92.7 Å². The number of hydrogen-bond donors (Lipinski definition) is 0. The van der Waals surface area contributed by atoms with E-state index in [0.29, 0.717) is 0 Å². The topological polar surface area (TPSA) is 8.17 Å². The summed E-state index contributed by atoms with van der Waals surface area (Å²) >= 11 is 1.88. The van der Waals surface area contributed by atoms with Gasteiger partial charge in [0.05, 0.1) is 16.7 Å². The van der Waals surface area contributed by atoms with Crippen molar-refractivity contribution in [2.24, 2.45) is 0 Å². The third-order valence-corrected chi connectivity index (χ3v) is 14.9. The first kappa shape index (κ1) is 39.2. The lowest BCUT2D eigenvalue weighted by Gasteiger charge is -2.29. The van der Waals surface area contributed by atoms with E-state index in [1.54, 1.807) is 0 Å². The molecule has 2 nitrogen and oxygen atoms in total. The Morgan fingerprint density at radius 3 is 1.93 bits per heavy atom. The van der Waals surface area contributed by atoms with Crippen molar-refractivity contribution in [3.8, 4) is 39.1 Å². The maximum atomic E-state index is 2.49. The molecule has 2 aromatic heterocycles. The van der Waals surface area contributed by atoms with E-state index in [1.807, 2.05) is 11.3 Å². The molecule has 1 aliphatic carbocycles. The highest BCUT2D eigenvalue weighted by atomic mass is 32.1. The fraction of sp³-hybridized carbons (Fsp3) is 0.0312. The Balaban J connectivity index is 1.02. The molecular weight excluding hydrogens is 829 g/mol. The molecule has 0 spiro atoms. The molecule has 0 amide bonds. The van der Waals surface area contributed by atoms with Gasteiger partial charge in [-0.05, 0) is 123 Å². The van der Waals surface area contributed by atoms with Crippen molar-refractivity contribution in [1.82, 2.24) is 4.57 Å². The molecule has 0 aliphatic heterocycles. The lowest BCUT2D eigenvalue weighted by molar-refractivity contribution is 1.07. The molecule has 0 saturated carbocycles. The molecule has 3 heteroatoms. The number of rotatable bonds is 8. The summed E-state index contributed by atoms with van der Waals surface area (Å²) in [5.74, 6) is 0. The quantitative estimate of drug-likeness (QED) is 0.148. The standard InChI is InChI=1S/C64H44N2S/c1-3-18-43(19-4-1)50-29-14-20-45-21-15-32-55(62(45)50)53-26-7-10-34-58(53)65(48-40-38-44(39-41-48)52-31-16-33-56-54-27-9-12-37-61(54)67-64(52)56)49-25-13-22-46(42-49)51-30-17-36-60-63(51)57-28-8-11-35-59(57)66(60)47-23-5-2-6-24-47/h1-14,16-31,33-42H,15,32H2. The van der Waals surface area contributed by atoms with Gasteiger partial charge in [-0.25, -0.2) is 0 Å². The molecule has 12 aromatic rings. The van der Waals surface area contributed by atoms with Crippen LogP contribution in [0.15, 0.2) is 237 Å². The van der Waals surface area contributed by atoms with Crippen molar-refractivity contribution in [2.75, 3.05) is 4.90 Å². The summed E-state index contributed by atoms with van der Waals surface area (Å²) in [6.45, 7) is 0. The molecule has 0 N–H and O–H groups in total. The lowest BCUT2D eigenvalue weighted by atomic mass is 9.88. The number of aromatic nitrogens is 1. The minimum absolute atomic E-state index is 0.952. The van der Waals surface area contributed by atoms with Crippen LogP contribution >= 0.6 is 11.3 Å². The first-order valence-electron chi connectivity index (χ1n) is 23.2. The molecule has 0 atom stereocenters. The second-order valence-electron chi connectivity index (χ2n) is 17.5. The number of benzene rings is 10. The number of hydrogen-bond acceptors (Lipinski definition) is 2. The molecule has 10 aromatic carbocycles. The maximum Gasteiger partial charge on any atom is 0.0547 e. The van der Waals surface area contributed by atoms with Crippen molar-refractivity contribution in [3.63, 3.8) is 0 Å². The average Bonchev–Trinajstić information content (AvgIpc) is 3.96. The van der Waals surface area contributed by atoms with E-state index in [0.717, 1.165) is 35.6 Å². The Hall–Kier alpha value is -8.24. The molecule has 0 fully saturated rings. The van der Waals surface area contributed by atoms with Gasteiger partial charge in [0, 0.05) is 53.6 Å². The number of thiophene rings is 1. The van der Waals surface area contributed by atoms with Gasteiger partial charge in [-0.3, -0.25) is 0 Å². The zero-order valence-corrected chi connectivity index (χ0v) is 37.6. The van der Waals surface area contributed by atoms with Gasteiger partial charge in [-0.1, -0.05) is 182 Å². The Kier molecular flexibility index (Phi) is 9.54. The van der Waals surface area contributed by atoms with E-state index in [-0.39, 0.29) is 0 Å². The Bertz CT molecular complexity index is 3970. The minimum Gasteiger partial charge on any atom is -0.310 e. The van der Waals surface area contributed by atoms with Crippen LogP contribution in [-0.4, -0.2) is 4.57 Å². The normalized spacial score (nSPS) is 12.4. The van der Waals surface area contributed by atoms with Crippen LogP contribution in [0.1, 0.15) is 18.4 Å². The van der Waals surface area contributed by atoms with E-state index < -0.39 is 0 Å². The minimum atomic E-state index is 0.952. The first-order chi connectivity index (χ1) is 33.3. The molecule has 0 unspecified atom stereocenters. The highest BCUT2D eigenvalue weighted by Gasteiger charge is 2.23. The molecule has 0 bridgehead atoms. The molecule has 67 heavy (non-hydrogen) atoms. The van der Waals surface area contributed by atoms with Gasteiger partial charge in [0.15, 0.2) is 0 Å². The van der Waals surface area contributed by atoms with Gasteiger partial charge in [0.1, 0.15) is 0 Å². The highest BCUT2D eigenvalue weighted by molar-refractivity contribution is 7.26. The van der Waals surface area contributed by atoms with E-state index in [9.17, 15) is 0 Å². The fourth-order valence-corrected chi connectivity index (χ4v) is 12.0. The zero-order chi connectivity index (χ0) is 44.3. The second-order valence-corrected chi connectivity index (χ2v) is 18.5. The van der Waals surface area contributed by atoms with Gasteiger partial charge in [0.25, 0.3) is 0 Å². The second kappa shape index (κ2) is 16.3. The number of anilines is 3. The molecule has 2 heterocycles. The monoisotopic (exact) mass is 872 g/mol. The van der Waals surface area contributed by atoms with Crippen molar-refractivity contribution in [1.29, 1.82) is 0 Å². The fourth-order valence-electron chi connectivity index (χ4n) is 10.7.